The highest BCUT2D eigenvalue weighted by Gasteiger charge is 2.36. The molecule has 3 aromatic rings. The van der Waals surface area contributed by atoms with Crippen molar-refractivity contribution in [3.8, 4) is 11.4 Å². The summed E-state index contributed by atoms with van der Waals surface area (Å²) in [6.07, 6.45) is 6.74. The zero-order chi connectivity index (χ0) is 23.3. The molecule has 3 aliphatic carbocycles. The lowest BCUT2D eigenvalue weighted by Gasteiger charge is -2.42. The number of H-pyrrole nitrogens is 1. The normalized spacial score (nSPS) is 21.2. The number of nitrogens with one attached hydrogen (secondary N) is 2. The van der Waals surface area contributed by atoms with Crippen LogP contribution in [-0.4, -0.2) is 37.8 Å². The summed E-state index contributed by atoms with van der Waals surface area (Å²) >= 11 is 0. The molecule has 0 spiro atoms. The molecule has 7 nitrogen and oxygen atoms in total. The minimum absolute atomic E-state index is 0.0241. The Morgan fingerprint density at radius 3 is 2.44 bits per heavy atom. The minimum atomic E-state index is -0.835. The summed E-state index contributed by atoms with van der Waals surface area (Å²) in [5.74, 6) is -0.943. The average Bonchev–Trinajstić information content (AvgIpc) is 3.21. The molecule has 0 radical (unpaired) electrons. The van der Waals surface area contributed by atoms with Crippen molar-refractivity contribution in [1.29, 1.82) is 0 Å². The number of carbonyl (C=O) groups is 1. The van der Waals surface area contributed by atoms with Crippen molar-refractivity contribution in [3.05, 3.63) is 35.8 Å². The summed E-state index contributed by atoms with van der Waals surface area (Å²) < 4.78 is 42.4. The Balaban J connectivity index is 0.000000536. The molecule has 0 amide bonds. The maximum atomic E-state index is 14.5. The zero-order valence-electron chi connectivity index (χ0n) is 17.9. The van der Waals surface area contributed by atoms with Gasteiger partial charge in [-0.15, -0.1) is 0 Å². The molecule has 0 aromatic carbocycles. The molecule has 3 aromatic heterocycles. The van der Waals surface area contributed by atoms with E-state index in [0.29, 0.717) is 17.2 Å². The monoisotopic (exact) mass is 449 g/mol. The van der Waals surface area contributed by atoms with E-state index in [1.165, 1.54) is 18.9 Å². The molecule has 6 rings (SSSR count). The first-order valence-corrected chi connectivity index (χ1v) is 10.7. The highest BCUT2D eigenvalue weighted by molar-refractivity contribution is 5.89. The molecule has 3 fully saturated rings. The number of aromatic amines is 1. The summed E-state index contributed by atoms with van der Waals surface area (Å²) in [5.41, 5.74) is 0.327. The second kappa shape index (κ2) is 10.4. The van der Waals surface area contributed by atoms with E-state index in [1.54, 1.807) is 0 Å². The van der Waals surface area contributed by atoms with Gasteiger partial charge in [0.05, 0.1) is 17.3 Å². The Morgan fingerprint density at radius 1 is 1.12 bits per heavy atom. The van der Waals surface area contributed by atoms with E-state index in [1.807, 2.05) is 13.8 Å². The fourth-order valence-electron chi connectivity index (χ4n) is 4.53. The summed E-state index contributed by atoms with van der Waals surface area (Å²) in [6, 6.07) is 2.17. The van der Waals surface area contributed by atoms with Crippen LogP contribution in [0.3, 0.4) is 0 Å². The van der Waals surface area contributed by atoms with Crippen LogP contribution in [0.1, 0.15) is 46.0 Å². The first-order valence-electron chi connectivity index (χ1n) is 10.7. The first-order chi connectivity index (χ1) is 15.5. The molecule has 0 aliphatic heterocycles. The first kappa shape index (κ1) is 23.5. The second-order valence-electron chi connectivity index (χ2n) is 7.65. The smallest absolute Gasteiger partial charge is 0.290 e. The summed E-state index contributed by atoms with van der Waals surface area (Å²) in [5, 5.41) is 17.0. The van der Waals surface area contributed by atoms with E-state index in [2.05, 4.69) is 25.5 Å². The van der Waals surface area contributed by atoms with Crippen LogP contribution < -0.4 is 5.32 Å². The number of pyridine rings is 2. The summed E-state index contributed by atoms with van der Waals surface area (Å²) in [6.45, 7) is 3.75. The molecule has 3 saturated carbocycles. The van der Waals surface area contributed by atoms with E-state index in [9.17, 15) is 13.2 Å². The van der Waals surface area contributed by atoms with Gasteiger partial charge in [0.25, 0.3) is 6.47 Å². The van der Waals surface area contributed by atoms with Gasteiger partial charge in [-0.3, -0.25) is 9.89 Å². The number of hydrogen-bond donors (Lipinski definition) is 3. The van der Waals surface area contributed by atoms with Crippen molar-refractivity contribution < 1.29 is 23.1 Å². The Hall–Kier alpha value is -3.17. The lowest BCUT2D eigenvalue weighted by Crippen LogP contribution is -2.40. The van der Waals surface area contributed by atoms with Crippen LogP contribution in [0.4, 0.5) is 19.0 Å². The van der Waals surface area contributed by atoms with E-state index in [0.717, 1.165) is 31.5 Å². The van der Waals surface area contributed by atoms with Crippen LogP contribution in [0, 0.1) is 29.3 Å². The molecule has 1 atom stereocenters. The molecular weight excluding hydrogens is 423 g/mol. The SMILES string of the molecule is CC.Fc1cnc2n[nH]c(-c3nc(NC4CC5CCC4CC5)c(F)cc3F)c2c1.O=CO. The lowest BCUT2D eigenvalue weighted by molar-refractivity contribution is -0.122. The van der Waals surface area contributed by atoms with Crippen molar-refractivity contribution in [2.45, 2.75) is 52.0 Å². The molecule has 2 bridgehead atoms. The number of hydrogen-bond acceptors (Lipinski definition) is 5. The van der Waals surface area contributed by atoms with Gasteiger partial charge in [0, 0.05) is 12.1 Å². The number of aromatic nitrogens is 4. The molecular formula is C22H26F3N5O2. The van der Waals surface area contributed by atoms with Crippen molar-refractivity contribution in [3.63, 3.8) is 0 Å². The Kier molecular flexibility index (Phi) is 7.66. The standard InChI is InChI=1S/C19H18F3N5.C2H6.CH2O2/c20-11-6-12-16(26-27-18(12)23-8-11)17-13(21)7-14(22)19(25-17)24-15-5-9-1-3-10(15)4-2-9;1-2;2-1-3/h6-10,15H,1-5H2,(H,24,25)(H,23,26,27);1-2H3;1H,(H,2,3). The molecule has 172 valence electrons. The zero-order valence-corrected chi connectivity index (χ0v) is 17.9. The van der Waals surface area contributed by atoms with Crippen molar-refractivity contribution in [1.82, 2.24) is 20.2 Å². The van der Waals surface area contributed by atoms with E-state index < -0.39 is 17.5 Å². The number of carboxylic acid groups (broad SMARTS) is 1. The molecule has 0 saturated heterocycles. The van der Waals surface area contributed by atoms with Gasteiger partial charge in [-0.1, -0.05) is 26.7 Å². The van der Waals surface area contributed by atoms with Gasteiger partial charge in [0.15, 0.2) is 23.1 Å². The molecule has 1 unspecified atom stereocenters. The fraction of sp³-hybridized carbons (Fsp3) is 0.455. The number of halogens is 3. The van der Waals surface area contributed by atoms with Crippen LogP contribution >= 0.6 is 0 Å². The van der Waals surface area contributed by atoms with Crippen LogP contribution in [-0.2, 0) is 4.79 Å². The largest absolute Gasteiger partial charge is 0.483 e. The second-order valence-corrected chi connectivity index (χ2v) is 7.65. The number of fused-ring (bicyclic) bond motifs is 4. The maximum Gasteiger partial charge on any atom is 0.290 e. The molecule has 10 heteroatoms. The van der Waals surface area contributed by atoms with Crippen molar-refractivity contribution >= 4 is 23.3 Å². The van der Waals surface area contributed by atoms with Crippen LogP contribution in [0.2, 0.25) is 0 Å². The van der Waals surface area contributed by atoms with Crippen LogP contribution in [0.5, 0.6) is 0 Å². The highest BCUT2D eigenvalue weighted by Crippen LogP contribution is 2.42. The Morgan fingerprint density at radius 2 is 1.81 bits per heavy atom. The van der Waals surface area contributed by atoms with Crippen LogP contribution in [0.15, 0.2) is 18.3 Å². The predicted octanol–water partition coefficient (Wildman–Crippen LogP) is 5.15. The topological polar surface area (TPSA) is 104 Å². The molecule has 3 N–H and O–H groups in total. The van der Waals surface area contributed by atoms with Gasteiger partial charge >= 0.3 is 0 Å². The fourth-order valence-corrected chi connectivity index (χ4v) is 4.53. The van der Waals surface area contributed by atoms with Gasteiger partial charge < -0.3 is 10.4 Å². The highest BCUT2D eigenvalue weighted by atomic mass is 19.1. The lowest BCUT2D eigenvalue weighted by atomic mass is 9.68. The van der Waals surface area contributed by atoms with E-state index in [-0.39, 0.29) is 35.4 Å². The van der Waals surface area contributed by atoms with Gasteiger partial charge in [0.1, 0.15) is 11.5 Å². The Bertz CT molecular complexity index is 1070. The van der Waals surface area contributed by atoms with Gasteiger partial charge in [0.2, 0.25) is 0 Å². The van der Waals surface area contributed by atoms with E-state index >= 15 is 0 Å². The van der Waals surface area contributed by atoms with Crippen molar-refractivity contribution in [2.75, 3.05) is 5.32 Å². The van der Waals surface area contributed by atoms with Gasteiger partial charge in [-0.2, -0.15) is 5.10 Å². The third-order valence-electron chi connectivity index (χ3n) is 5.91. The quantitative estimate of drug-likeness (QED) is 0.478. The third kappa shape index (κ3) is 4.84. The van der Waals surface area contributed by atoms with Gasteiger partial charge in [-0.05, 0) is 37.2 Å². The van der Waals surface area contributed by atoms with E-state index in [4.69, 9.17) is 9.90 Å². The van der Waals surface area contributed by atoms with Crippen LogP contribution in [0.25, 0.3) is 22.4 Å². The number of nitrogens with zero attached hydrogens (tertiary/aromatic N) is 3. The average molecular weight is 449 g/mol. The molecule has 32 heavy (non-hydrogen) atoms. The molecule has 3 heterocycles. The number of anilines is 1. The molecule has 3 aliphatic rings. The Labute approximate surface area is 183 Å². The minimum Gasteiger partial charge on any atom is -0.483 e. The predicted molar refractivity (Wildman–Crippen MR) is 115 cm³/mol. The maximum absolute atomic E-state index is 14.5. The third-order valence-corrected chi connectivity index (χ3v) is 5.91. The number of rotatable bonds is 3. The van der Waals surface area contributed by atoms with Gasteiger partial charge in [-0.25, -0.2) is 23.1 Å². The summed E-state index contributed by atoms with van der Waals surface area (Å²) in [7, 11) is 0. The summed E-state index contributed by atoms with van der Waals surface area (Å²) in [4.78, 5) is 16.4. The van der Waals surface area contributed by atoms with Crippen molar-refractivity contribution in [2.24, 2.45) is 11.8 Å².